The summed E-state index contributed by atoms with van der Waals surface area (Å²) in [4.78, 5) is 6.65. The summed E-state index contributed by atoms with van der Waals surface area (Å²) in [7, 11) is 0. The molecule has 3 heterocycles. The third-order valence-electron chi connectivity index (χ3n) is 3.65. The molecule has 0 aliphatic carbocycles. The van der Waals surface area contributed by atoms with Crippen molar-refractivity contribution >= 4 is 0 Å². The second kappa shape index (κ2) is 5.12. The Morgan fingerprint density at radius 1 is 1.53 bits per heavy atom. The first kappa shape index (κ1) is 11.1. The van der Waals surface area contributed by atoms with Gasteiger partial charge in [0.1, 0.15) is 0 Å². The molecule has 1 N–H and O–H groups in total. The molecular formula is C13H19N3O. The lowest BCUT2D eigenvalue weighted by atomic mass is 10.2. The Labute approximate surface area is 102 Å². The van der Waals surface area contributed by atoms with Gasteiger partial charge in [-0.15, -0.1) is 0 Å². The molecule has 2 fully saturated rings. The van der Waals surface area contributed by atoms with Crippen LogP contribution in [0, 0.1) is 0 Å². The average Bonchev–Trinajstić information content (AvgIpc) is 2.80. The summed E-state index contributed by atoms with van der Waals surface area (Å²) < 4.78 is 5.97. The van der Waals surface area contributed by atoms with Gasteiger partial charge >= 0.3 is 0 Å². The Bertz CT molecular complexity index is 343. The van der Waals surface area contributed by atoms with Crippen molar-refractivity contribution in [3.05, 3.63) is 30.1 Å². The molecule has 17 heavy (non-hydrogen) atoms. The minimum atomic E-state index is 0.389. The highest BCUT2D eigenvalue weighted by atomic mass is 16.5. The molecule has 0 radical (unpaired) electrons. The van der Waals surface area contributed by atoms with E-state index in [4.69, 9.17) is 4.74 Å². The van der Waals surface area contributed by atoms with E-state index < -0.39 is 0 Å². The number of aromatic nitrogens is 1. The molecule has 2 saturated heterocycles. The summed E-state index contributed by atoms with van der Waals surface area (Å²) in [6.45, 7) is 5.18. The Morgan fingerprint density at radius 3 is 3.35 bits per heavy atom. The molecule has 4 heteroatoms. The van der Waals surface area contributed by atoms with Crippen LogP contribution in [0.5, 0.6) is 0 Å². The molecule has 0 amide bonds. The van der Waals surface area contributed by atoms with Crippen LogP contribution >= 0.6 is 0 Å². The van der Waals surface area contributed by atoms with Gasteiger partial charge in [-0.25, -0.2) is 0 Å². The highest BCUT2D eigenvalue weighted by Crippen LogP contribution is 2.22. The van der Waals surface area contributed by atoms with Gasteiger partial charge < -0.3 is 10.1 Å². The molecule has 0 spiro atoms. The molecule has 1 aromatic rings. The quantitative estimate of drug-likeness (QED) is 0.831. The Kier molecular flexibility index (Phi) is 3.36. The maximum atomic E-state index is 5.97. The van der Waals surface area contributed by atoms with E-state index in [1.54, 1.807) is 6.20 Å². The smallest absolute Gasteiger partial charge is 0.0736 e. The van der Waals surface area contributed by atoms with Crippen LogP contribution in [-0.4, -0.2) is 48.2 Å². The SMILES string of the molecule is c1cncc(CO[C@@H]2C[C@H]3CNCCN3C2)c1. The standard InChI is InChI=1S/C13H19N3O/c1-2-11(7-14-3-1)10-17-13-6-12-8-15-4-5-16(12)9-13/h1-3,7,12-13,15H,4-6,8-10H2/t12-,13+/m0/s1. The maximum absolute atomic E-state index is 5.97. The van der Waals surface area contributed by atoms with Crippen molar-refractivity contribution in [2.24, 2.45) is 0 Å². The van der Waals surface area contributed by atoms with Crippen LogP contribution in [0.25, 0.3) is 0 Å². The van der Waals surface area contributed by atoms with Crippen molar-refractivity contribution in [1.82, 2.24) is 15.2 Å². The molecule has 0 unspecified atom stereocenters. The largest absolute Gasteiger partial charge is 0.372 e. The van der Waals surface area contributed by atoms with E-state index >= 15 is 0 Å². The van der Waals surface area contributed by atoms with Crippen LogP contribution in [-0.2, 0) is 11.3 Å². The van der Waals surface area contributed by atoms with Gasteiger partial charge in [-0.1, -0.05) is 6.07 Å². The van der Waals surface area contributed by atoms with Crippen molar-refractivity contribution in [2.45, 2.75) is 25.2 Å². The van der Waals surface area contributed by atoms with Gasteiger partial charge in [0.2, 0.25) is 0 Å². The zero-order chi connectivity index (χ0) is 11.5. The first-order valence-electron chi connectivity index (χ1n) is 6.37. The second-order valence-corrected chi connectivity index (χ2v) is 4.88. The zero-order valence-electron chi connectivity index (χ0n) is 10.0. The predicted octanol–water partition coefficient (Wildman–Crippen LogP) is 0.644. The molecule has 0 aromatic carbocycles. The summed E-state index contributed by atoms with van der Waals surface area (Å²) in [6.07, 6.45) is 5.22. The van der Waals surface area contributed by atoms with Crippen molar-refractivity contribution in [2.75, 3.05) is 26.2 Å². The van der Waals surface area contributed by atoms with E-state index in [-0.39, 0.29) is 0 Å². The Hall–Kier alpha value is -0.970. The minimum Gasteiger partial charge on any atom is -0.372 e. The van der Waals surface area contributed by atoms with Crippen LogP contribution in [0.2, 0.25) is 0 Å². The van der Waals surface area contributed by atoms with Crippen molar-refractivity contribution < 1.29 is 4.74 Å². The Balaban J connectivity index is 1.50. The van der Waals surface area contributed by atoms with E-state index in [0.717, 1.165) is 38.2 Å². The van der Waals surface area contributed by atoms with Gasteiger partial charge in [0.25, 0.3) is 0 Å². The van der Waals surface area contributed by atoms with Gasteiger partial charge in [-0.2, -0.15) is 0 Å². The molecule has 2 aliphatic rings. The summed E-state index contributed by atoms with van der Waals surface area (Å²) in [5.74, 6) is 0. The van der Waals surface area contributed by atoms with Crippen LogP contribution in [0.15, 0.2) is 24.5 Å². The lowest BCUT2D eigenvalue weighted by Gasteiger charge is -2.29. The van der Waals surface area contributed by atoms with E-state index in [1.807, 2.05) is 12.3 Å². The van der Waals surface area contributed by atoms with Gasteiger partial charge in [-0.05, 0) is 18.1 Å². The summed E-state index contributed by atoms with van der Waals surface area (Å²) in [5.41, 5.74) is 1.16. The molecule has 0 saturated carbocycles. The van der Waals surface area contributed by atoms with E-state index in [9.17, 15) is 0 Å². The zero-order valence-corrected chi connectivity index (χ0v) is 10.0. The number of pyridine rings is 1. The van der Waals surface area contributed by atoms with Gasteiger partial charge in [0, 0.05) is 44.6 Å². The van der Waals surface area contributed by atoms with Crippen LogP contribution in [0.1, 0.15) is 12.0 Å². The van der Waals surface area contributed by atoms with E-state index in [0.29, 0.717) is 18.8 Å². The molecular weight excluding hydrogens is 214 g/mol. The number of hydrogen-bond acceptors (Lipinski definition) is 4. The van der Waals surface area contributed by atoms with Gasteiger partial charge in [0.15, 0.2) is 0 Å². The first-order chi connectivity index (χ1) is 8.42. The summed E-state index contributed by atoms with van der Waals surface area (Å²) in [5, 5.41) is 3.44. The third kappa shape index (κ3) is 2.65. The second-order valence-electron chi connectivity index (χ2n) is 4.88. The highest BCUT2D eigenvalue weighted by molar-refractivity contribution is 5.07. The topological polar surface area (TPSA) is 37.4 Å². The Morgan fingerprint density at radius 2 is 2.53 bits per heavy atom. The number of ether oxygens (including phenoxy) is 1. The predicted molar refractivity (Wildman–Crippen MR) is 65.7 cm³/mol. The molecule has 0 bridgehead atoms. The number of fused-ring (bicyclic) bond motifs is 1. The number of rotatable bonds is 3. The molecule has 1 aromatic heterocycles. The fourth-order valence-electron chi connectivity index (χ4n) is 2.73. The molecule has 4 nitrogen and oxygen atoms in total. The van der Waals surface area contributed by atoms with Crippen LogP contribution in [0.4, 0.5) is 0 Å². The monoisotopic (exact) mass is 233 g/mol. The normalized spacial score (nSPS) is 29.2. The molecule has 2 atom stereocenters. The van der Waals surface area contributed by atoms with Crippen LogP contribution in [0.3, 0.4) is 0 Å². The summed E-state index contributed by atoms with van der Waals surface area (Å²) >= 11 is 0. The number of nitrogens with zero attached hydrogens (tertiary/aromatic N) is 2. The highest BCUT2D eigenvalue weighted by Gasteiger charge is 2.33. The lowest BCUT2D eigenvalue weighted by molar-refractivity contribution is 0.0467. The van der Waals surface area contributed by atoms with Crippen molar-refractivity contribution in [3.63, 3.8) is 0 Å². The molecule has 3 rings (SSSR count). The summed E-state index contributed by atoms with van der Waals surface area (Å²) in [6, 6.07) is 4.71. The molecule has 92 valence electrons. The minimum absolute atomic E-state index is 0.389. The van der Waals surface area contributed by atoms with E-state index in [2.05, 4.69) is 21.3 Å². The first-order valence-corrected chi connectivity index (χ1v) is 6.37. The average molecular weight is 233 g/mol. The van der Waals surface area contributed by atoms with Crippen molar-refractivity contribution in [3.8, 4) is 0 Å². The number of nitrogens with one attached hydrogen (secondary N) is 1. The lowest BCUT2D eigenvalue weighted by Crippen LogP contribution is -2.47. The fourth-order valence-corrected chi connectivity index (χ4v) is 2.73. The number of hydrogen-bond donors (Lipinski definition) is 1. The number of piperazine rings is 1. The maximum Gasteiger partial charge on any atom is 0.0736 e. The van der Waals surface area contributed by atoms with E-state index in [1.165, 1.54) is 0 Å². The van der Waals surface area contributed by atoms with Crippen LogP contribution < -0.4 is 5.32 Å². The fraction of sp³-hybridized carbons (Fsp3) is 0.615. The van der Waals surface area contributed by atoms with Crippen molar-refractivity contribution in [1.29, 1.82) is 0 Å². The molecule has 2 aliphatic heterocycles. The third-order valence-corrected chi connectivity index (χ3v) is 3.65. The van der Waals surface area contributed by atoms with Gasteiger partial charge in [0.05, 0.1) is 12.7 Å². The van der Waals surface area contributed by atoms with Gasteiger partial charge in [-0.3, -0.25) is 9.88 Å².